The normalized spacial score (nSPS) is 16.8. The Morgan fingerprint density at radius 3 is 2.72 bits per heavy atom. The largest absolute Gasteiger partial charge is 0.466 e. The first-order valence-corrected chi connectivity index (χ1v) is 6.00. The van der Waals surface area contributed by atoms with E-state index < -0.39 is 0 Å². The summed E-state index contributed by atoms with van der Waals surface area (Å²) in [5, 5.41) is 2.50. The quantitative estimate of drug-likeness (QED) is 0.593. The minimum atomic E-state index is -0.315. The third-order valence-electron chi connectivity index (χ3n) is 3.69. The van der Waals surface area contributed by atoms with Crippen LogP contribution in [0.5, 0.6) is 0 Å². The lowest BCUT2D eigenvalue weighted by Crippen LogP contribution is -2.11. The van der Waals surface area contributed by atoms with Crippen LogP contribution in [0.3, 0.4) is 0 Å². The van der Waals surface area contributed by atoms with Crippen LogP contribution in [0.4, 0.5) is 0 Å². The highest BCUT2D eigenvalue weighted by atomic mass is 16.5. The zero-order valence-corrected chi connectivity index (χ0v) is 10.3. The number of benzene rings is 2. The Labute approximate surface area is 106 Å². The maximum atomic E-state index is 11.6. The van der Waals surface area contributed by atoms with Crippen LogP contribution in [0.2, 0.25) is 0 Å². The lowest BCUT2D eigenvalue weighted by atomic mass is 9.93. The Morgan fingerprint density at radius 1 is 1.28 bits per heavy atom. The number of esters is 1. The van der Waals surface area contributed by atoms with Crippen LogP contribution in [-0.2, 0) is 16.0 Å². The molecule has 1 unspecified atom stereocenters. The second kappa shape index (κ2) is 3.98. The minimum absolute atomic E-state index is 0.0542. The van der Waals surface area contributed by atoms with Crippen LogP contribution in [-0.4, -0.2) is 13.1 Å². The summed E-state index contributed by atoms with van der Waals surface area (Å²) in [4.78, 5) is 11.6. The van der Waals surface area contributed by atoms with Crippen LogP contribution in [0, 0.1) is 0 Å². The Hall–Kier alpha value is -2.09. The molecule has 0 aromatic heterocycles. The van der Waals surface area contributed by atoms with Crippen molar-refractivity contribution in [2.24, 2.45) is 0 Å². The van der Waals surface area contributed by atoms with E-state index in [1.807, 2.05) is 6.07 Å². The molecule has 2 aromatic rings. The van der Waals surface area contributed by atoms with E-state index in [0.29, 0.717) is 5.57 Å². The van der Waals surface area contributed by atoms with Gasteiger partial charge in [-0.15, -0.1) is 0 Å². The summed E-state index contributed by atoms with van der Waals surface area (Å²) in [5.74, 6) is -0.261. The standard InChI is InChI=1S/C16H14O2/c1-10(16(17)18-2)14-9-12-7-3-5-11-6-4-8-13(14)15(11)12/h3-8,14H,1,9H2,2H3. The summed E-state index contributed by atoms with van der Waals surface area (Å²) < 4.78 is 4.78. The molecule has 18 heavy (non-hydrogen) atoms. The van der Waals surface area contributed by atoms with E-state index in [4.69, 9.17) is 4.74 Å². The first-order valence-electron chi connectivity index (χ1n) is 6.00. The zero-order chi connectivity index (χ0) is 12.7. The van der Waals surface area contributed by atoms with Gasteiger partial charge in [0.05, 0.1) is 7.11 Å². The highest BCUT2D eigenvalue weighted by Crippen LogP contribution is 2.41. The second-order valence-electron chi connectivity index (χ2n) is 4.64. The van der Waals surface area contributed by atoms with E-state index in [1.54, 1.807) is 0 Å². The van der Waals surface area contributed by atoms with Gasteiger partial charge in [0.1, 0.15) is 0 Å². The Bertz CT molecular complexity index is 650. The van der Waals surface area contributed by atoms with E-state index in [-0.39, 0.29) is 11.9 Å². The molecule has 0 spiro atoms. The van der Waals surface area contributed by atoms with Crippen molar-refractivity contribution in [3.63, 3.8) is 0 Å². The maximum absolute atomic E-state index is 11.6. The van der Waals surface area contributed by atoms with Crippen LogP contribution >= 0.6 is 0 Å². The van der Waals surface area contributed by atoms with Gasteiger partial charge in [-0.25, -0.2) is 4.79 Å². The van der Waals surface area contributed by atoms with Crippen molar-refractivity contribution in [1.82, 2.24) is 0 Å². The molecule has 0 bridgehead atoms. The summed E-state index contributed by atoms with van der Waals surface area (Å²) >= 11 is 0. The molecule has 0 N–H and O–H groups in total. The molecular formula is C16H14O2. The monoisotopic (exact) mass is 238 g/mol. The van der Waals surface area contributed by atoms with Gasteiger partial charge in [0.15, 0.2) is 0 Å². The Morgan fingerprint density at radius 2 is 2.00 bits per heavy atom. The van der Waals surface area contributed by atoms with Gasteiger partial charge in [0.25, 0.3) is 0 Å². The van der Waals surface area contributed by atoms with E-state index >= 15 is 0 Å². The number of carbonyl (C=O) groups is 1. The van der Waals surface area contributed by atoms with Gasteiger partial charge in [-0.1, -0.05) is 43.0 Å². The molecule has 2 heteroatoms. The van der Waals surface area contributed by atoms with Crippen molar-refractivity contribution in [2.45, 2.75) is 12.3 Å². The third kappa shape index (κ3) is 1.46. The van der Waals surface area contributed by atoms with Crippen LogP contribution < -0.4 is 0 Å². The summed E-state index contributed by atoms with van der Waals surface area (Å²) in [6.07, 6.45) is 0.838. The first-order chi connectivity index (χ1) is 8.72. The molecule has 0 amide bonds. The zero-order valence-electron chi connectivity index (χ0n) is 10.3. The maximum Gasteiger partial charge on any atom is 0.333 e. The van der Waals surface area contributed by atoms with Gasteiger partial charge in [-0.05, 0) is 28.3 Å². The molecule has 2 nitrogen and oxygen atoms in total. The van der Waals surface area contributed by atoms with Crippen molar-refractivity contribution in [3.05, 3.63) is 59.7 Å². The van der Waals surface area contributed by atoms with E-state index in [2.05, 4.69) is 36.9 Å². The second-order valence-corrected chi connectivity index (χ2v) is 4.64. The summed E-state index contributed by atoms with van der Waals surface area (Å²) in [7, 11) is 1.40. The van der Waals surface area contributed by atoms with Crippen LogP contribution in [0.15, 0.2) is 48.6 Å². The molecule has 0 saturated heterocycles. The number of ether oxygens (including phenoxy) is 1. The lowest BCUT2D eigenvalue weighted by molar-refractivity contribution is -0.136. The average Bonchev–Trinajstić information content (AvgIpc) is 2.79. The van der Waals surface area contributed by atoms with E-state index in [0.717, 1.165) is 6.42 Å². The molecule has 1 aliphatic carbocycles. The number of methoxy groups -OCH3 is 1. The fraction of sp³-hybridized carbons (Fsp3) is 0.188. The fourth-order valence-corrected chi connectivity index (χ4v) is 2.82. The molecule has 2 aromatic carbocycles. The van der Waals surface area contributed by atoms with Gasteiger partial charge >= 0.3 is 5.97 Å². The molecular weight excluding hydrogens is 224 g/mol. The number of carbonyl (C=O) groups excluding carboxylic acids is 1. The number of rotatable bonds is 2. The SMILES string of the molecule is C=C(C(=O)OC)C1Cc2cccc3cccc1c23. The smallest absolute Gasteiger partial charge is 0.333 e. The van der Waals surface area contributed by atoms with Gasteiger partial charge < -0.3 is 4.74 Å². The molecule has 3 rings (SSSR count). The Balaban J connectivity index is 2.14. The van der Waals surface area contributed by atoms with E-state index in [1.165, 1.54) is 29.0 Å². The van der Waals surface area contributed by atoms with Crippen LogP contribution in [0.25, 0.3) is 10.8 Å². The summed E-state index contributed by atoms with van der Waals surface area (Å²) in [5.41, 5.74) is 3.03. The molecule has 1 atom stereocenters. The van der Waals surface area contributed by atoms with E-state index in [9.17, 15) is 4.79 Å². The highest BCUT2D eigenvalue weighted by molar-refractivity contribution is 5.96. The van der Waals surface area contributed by atoms with Gasteiger partial charge in [-0.2, -0.15) is 0 Å². The molecule has 0 heterocycles. The third-order valence-corrected chi connectivity index (χ3v) is 3.69. The summed E-state index contributed by atoms with van der Waals surface area (Å²) in [6.45, 7) is 3.90. The first kappa shape index (κ1) is 11.0. The molecule has 0 aliphatic heterocycles. The molecule has 1 aliphatic rings. The van der Waals surface area contributed by atoms with Gasteiger partial charge in [-0.3, -0.25) is 0 Å². The molecule has 0 radical (unpaired) electrons. The molecule has 0 saturated carbocycles. The average molecular weight is 238 g/mol. The van der Waals surface area contributed by atoms with Crippen molar-refractivity contribution in [1.29, 1.82) is 0 Å². The highest BCUT2D eigenvalue weighted by Gasteiger charge is 2.29. The lowest BCUT2D eigenvalue weighted by Gasteiger charge is -2.12. The number of hydrogen-bond donors (Lipinski definition) is 0. The predicted octanol–water partition coefficient (Wildman–Crippen LogP) is 3.21. The Kier molecular flexibility index (Phi) is 2.44. The van der Waals surface area contributed by atoms with Crippen molar-refractivity contribution >= 4 is 16.7 Å². The van der Waals surface area contributed by atoms with Crippen LogP contribution in [0.1, 0.15) is 17.0 Å². The van der Waals surface area contributed by atoms with Gasteiger partial charge in [0, 0.05) is 11.5 Å². The van der Waals surface area contributed by atoms with Crippen molar-refractivity contribution in [2.75, 3.05) is 7.11 Å². The number of hydrogen-bond acceptors (Lipinski definition) is 2. The predicted molar refractivity (Wildman–Crippen MR) is 71.5 cm³/mol. The fourth-order valence-electron chi connectivity index (χ4n) is 2.82. The molecule has 90 valence electrons. The van der Waals surface area contributed by atoms with Gasteiger partial charge in [0.2, 0.25) is 0 Å². The topological polar surface area (TPSA) is 26.3 Å². The van der Waals surface area contributed by atoms with Crippen molar-refractivity contribution < 1.29 is 9.53 Å². The minimum Gasteiger partial charge on any atom is -0.466 e. The molecule has 0 fully saturated rings. The van der Waals surface area contributed by atoms with Crippen molar-refractivity contribution in [3.8, 4) is 0 Å². The summed E-state index contributed by atoms with van der Waals surface area (Å²) in [6, 6.07) is 12.5.